The van der Waals surface area contributed by atoms with Crippen LogP contribution in [0.4, 0.5) is 26.3 Å². The van der Waals surface area contributed by atoms with Crippen LogP contribution in [0, 0.1) is 22.7 Å². The Morgan fingerprint density at radius 3 is 1.46 bits per heavy atom. The fourth-order valence-electron chi connectivity index (χ4n) is 2.30. The Hall–Kier alpha value is -0.500. The van der Waals surface area contributed by atoms with Gasteiger partial charge in [-0.3, -0.25) is 0 Å². The van der Waals surface area contributed by atoms with Crippen LogP contribution < -0.4 is 0 Å². The first-order valence-electron chi connectivity index (χ1n) is 7.81. The van der Waals surface area contributed by atoms with Crippen LogP contribution in [0.5, 0.6) is 0 Å². The lowest BCUT2D eigenvalue weighted by atomic mass is 9.62. The Morgan fingerprint density at radius 1 is 0.833 bits per heavy atom. The Labute approximate surface area is 139 Å². The maximum absolute atomic E-state index is 12.7. The smallest absolute Gasteiger partial charge is 0.367 e. The van der Waals surface area contributed by atoms with Crippen molar-refractivity contribution in [3.8, 4) is 0 Å². The molecule has 0 aromatic heterocycles. The molecule has 0 bridgehead atoms. The van der Waals surface area contributed by atoms with Gasteiger partial charge in [0, 0.05) is 5.41 Å². The molecule has 0 amide bonds. The molecular weight excluding hydrogens is 338 g/mol. The van der Waals surface area contributed by atoms with Gasteiger partial charge in [0.25, 0.3) is 6.10 Å². The van der Waals surface area contributed by atoms with Crippen molar-refractivity contribution in [1.29, 1.82) is 0 Å². The second kappa shape index (κ2) is 7.40. The molecule has 0 aliphatic carbocycles. The molecule has 24 heavy (non-hydrogen) atoms. The van der Waals surface area contributed by atoms with Crippen molar-refractivity contribution in [2.24, 2.45) is 22.7 Å². The predicted octanol–water partition coefficient (Wildman–Crippen LogP) is 5.55. The van der Waals surface area contributed by atoms with Crippen molar-refractivity contribution in [3.05, 3.63) is 0 Å². The van der Waals surface area contributed by atoms with E-state index in [2.05, 4.69) is 4.74 Å². The standard InChI is InChI=1S/C16H28F6O2/c1-9(2)10(3)8-14(7,13(4,5)6)12(23)24-11(15(17,18)19)16(20,21)22/h9-12,23H,8H2,1-7H3. The van der Waals surface area contributed by atoms with Crippen molar-refractivity contribution >= 4 is 0 Å². The minimum atomic E-state index is -5.65. The zero-order valence-corrected chi connectivity index (χ0v) is 15.1. The van der Waals surface area contributed by atoms with Gasteiger partial charge in [0.05, 0.1) is 0 Å². The molecule has 0 spiro atoms. The van der Waals surface area contributed by atoms with Crippen LogP contribution in [0.15, 0.2) is 0 Å². The average molecular weight is 366 g/mol. The number of hydrogen-bond donors (Lipinski definition) is 1. The first-order chi connectivity index (χ1) is 10.3. The highest BCUT2D eigenvalue weighted by Crippen LogP contribution is 2.49. The maximum atomic E-state index is 12.7. The van der Waals surface area contributed by atoms with Gasteiger partial charge in [-0.2, -0.15) is 26.3 Å². The number of ether oxygens (including phenoxy) is 1. The molecule has 0 fully saturated rings. The van der Waals surface area contributed by atoms with Crippen LogP contribution in [0.3, 0.4) is 0 Å². The summed E-state index contributed by atoms with van der Waals surface area (Å²) < 4.78 is 80.3. The van der Waals surface area contributed by atoms with Gasteiger partial charge in [0.2, 0.25) is 0 Å². The maximum Gasteiger partial charge on any atom is 0.423 e. The van der Waals surface area contributed by atoms with Gasteiger partial charge in [-0.05, 0) is 23.7 Å². The predicted molar refractivity (Wildman–Crippen MR) is 79.2 cm³/mol. The van der Waals surface area contributed by atoms with Gasteiger partial charge < -0.3 is 9.84 Å². The molecule has 0 aromatic carbocycles. The fourth-order valence-corrected chi connectivity index (χ4v) is 2.30. The number of aliphatic hydroxyl groups is 1. The van der Waals surface area contributed by atoms with Crippen molar-refractivity contribution < 1.29 is 36.2 Å². The molecule has 3 unspecified atom stereocenters. The largest absolute Gasteiger partial charge is 0.423 e. The van der Waals surface area contributed by atoms with Crippen molar-refractivity contribution in [2.75, 3.05) is 0 Å². The Kier molecular flexibility index (Phi) is 7.24. The first kappa shape index (κ1) is 23.5. The quantitative estimate of drug-likeness (QED) is 0.493. The summed E-state index contributed by atoms with van der Waals surface area (Å²) in [6.45, 7) is 12.1. The SMILES string of the molecule is CC(C)C(C)CC(C)(C(O)OC(C(F)(F)F)C(F)(F)F)C(C)(C)C. The van der Waals surface area contributed by atoms with Crippen molar-refractivity contribution in [1.82, 2.24) is 0 Å². The highest BCUT2D eigenvalue weighted by molar-refractivity contribution is 4.92. The number of halogens is 6. The molecule has 0 aliphatic heterocycles. The highest BCUT2D eigenvalue weighted by Gasteiger charge is 2.60. The van der Waals surface area contributed by atoms with Crippen LogP contribution in [0.2, 0.25) is 0 Å². The molecule has 3 atom stereocenters. The van der Waals surface area contributed by atoms with Gasteiger partial charge in [-0.15, -0.1) is 0 Å². The molecule has 8 heteroatoms. The molecule has 0 rings (SSSR count). The van der Waals surface area contributed by atoms with Crippen molar-refractivity contribution in [3.63, 3.8) is 0 Å². The first-order valence-corrected chi connectivity index (χ1v) is 7.81. The summed E-state index contributed by atoms with van der Waals surface area (Å²) in [6, 6.07) is 0. The number of aliphatic hydroxyl groups excluding tert-OH is 1. The normalized spacial score (nSPS) is 19.5. The zero-order chi connectivity index (χ0) is 19.7. The average Bonchev–Trinajstić information content (AvgIpc) is 2.30. The van der Waals surface area contributed by atoms with E-state index in [1.165, 1.54) is 6.92 Å². The van der Waals surface area contributed by atoms with E-state index in [9.17, 15) is 31.4 Å². The number of hydrogen-bond acceptors (Lipinski definition) is 2. The minimum absolute atomic E-state index is 0.0253. The summed E-state index contributed by atoms with van der Waals surface area (Å²) in [6.07, 6.45) is -17.3. The van der Waals surface area contributed by atoms with Crippen LogP contribution in [0.1, 0.15) is 54.9 Å². The lowest BCUT2D eigenvalue weighted by Crippen LogP contribution is -2.53. The number of rotatable bonds is 6. The Morgan fingerprint density at radius 2 is 1.21 bits per heavy atom. The Bertz CT molecular complexity index is 383. The van der Waals surface area contributed by atoms with E-state index in [4.69, 9.17) is 0 Å². The second-order valence-corrected chi connectivity index (χ2v) is 8.04. The van der Waals surface area contributed by atoms with Gasteiger partial charge in [0.15, 0.2) is 6.29 Å². The topological polar surface area (TPSA) is 29.5 Å². The monoisotopic (exact) mass is 366 g/mol. The van der Waals surface area contributed by atoms with Gasteiger partial charge in [-0.1, -0.05) is 48.5 Å². The van der Waals surface area contributed by atoms with E-state index >= 15 is 0 Å². The summed E-state index contributed by atoms with van der Waals surface area (Å²) in [5.74, 6) is 0.127. The Balaban J connectivity index is 5.66. The number of alkyl halides is 6. The van der Waals surface area contributed by atoms with Gasteiger partial charge in [-0.25, -0.2) is 0 Å². The highest BCUT2D eigenvalue weighted by atomic mass is 19.4. The molecule has 0 heterocycles. The lowest BCUT2D eigenvalue weighted by molar-refractivity contribution is -0.366. The molecule has 146 valence electrons. The molecule has 0 saturated heterocycles. The second-order valence-electron chi connectivity index (χ2n) is 8.04. The van der Waals surface area contributed by atoms with E-state index in [1.54, 1.807) is 20.8 Å². The third kappa shape index (κ3) is 5.79. The summed E-state index contributed by atoms with van der Waals surface area (Å²) in [5, 5.41) is 10.2. The molecule has 0 saturated carbocycles. The third-order valence-electron chi connectivity index (χ3n) is 5.00. The lowest BCUT2D eigenvalue weighted by Gasteiger charge is -2.47. The molecule has 0 aliphatic rings. The van der Waals surface area contributed by atoms with Crippen LogP contribution in [-0.2, 0) is 4.74 Å². The third-order valence-corrected chi connectivity index (χ3v) is 5.00. The molecule has 0 aromatic rings. The van der Waals surface area contributed by atoms with Crippen molar-refractivity contribution in [2.45, 2.75) is 79.6 Å². The van der Waals surface area contributed by atoms with Gasteiger partial charge in [0.1, 0.15) is 0 Å². The summed E-state index contributed by atoms with van der Waals surface area (Å²) in [7, 11) is 0. The molecular formula is C16H28F6O2. The molecule has 1 N–H and O–H groups in total. The van der Waals surface area contributed by atoms with Crippen LogP contribution in [-0.4, -0.2) is 29.9 Å². The van der Waals surface area contributed by atoms with E-state index in [0.29, 0.717) is 0 Å². The molecule has 2 nitrogen and oxygen atoms in total. The van der Waals surface area contributed by atoms with E-state index in [1.807, 2.05) is 20.8 Å². The fraction of sp³-hybridized carbons (Fsp3) is 1.00. The van der Waals surface area contributed by atoms with E-state index in [0.717, 1.165) is 0 Å². The minimum Gasteiger partial charge on any atom is -0.367 e. The van der Waals surface area contributed by atoms with Crippen LogP contribution >= 0.6 is 0 Å². The summed E-state index contributed by atoms with van der Waals surface area (Å²) in [4.78, 5) is 0. The zero-order valence-electron chi connectivity index (χ0n) is 15.1. The van der Waals surface area contributed by atoms with E-state index < -0.39 is 35.6 Å². The van der Waals surface area contributed by atoms with E-state index in [-0.39, 0.29) is 18.3 Å². The van der Waals surface area contributed by atoms with Crippen LogP contribution in [0.25, 0.3) is 0 Å². The van der Waals surface area contributed by atoms with Gasteiger partial charge >= 0.3 is 12.4 Å². The molecule has 0 radical (unpaired) electrons. The summed E-state index contributed by atoms with van der Waals surface area (Å²) >= 11 is 0. The summed E-state index contributed by atoms with van der Waals surface area (Å²) in [5.41, 5.74) is -2.08.